The van der Waals surface area contributed by atoms with Crippen molar-refractivity contribution in [1.82, 2.24) is 4.90 Å². The van der Waals surface area contributed by atoms with Crippen molar-refractivity contribution in [2.75, 3.05) is 6.54 Å². The van der Waals surface area contributed by atoms with Gasteiger partial charge in [0.25, 0.3) is 0 Å². The normalized spacial score (nSPS) is 16.0. The van der Waals surface area contributed by atoms with Gasteiger partial charge in [-0.1, -0.05) is 44.9 Å². The molecular weight excluding hydrogens is 258 g/mol. The van der Waals surface area contributed by atoms with Gasteiger partial charge in [-0.15, -0.1) is 0 Å². The van der Waals surface area contributed by atoms with Gasteiger partial charge in [0.2, 0.25) is 0 Å². The average molecular weight is 287 g/mol. The standard InChI is InChI=1S/C18H29N3/c1-14(2)10-11-21(17-8-3-4-9-17)13-15-6-5-7-16(12-15)18(19)20/h5-7,12,14,17H,3-4,8-11,13H2,1-2H3,(H3,19,20). The van der Waals surface area contributed by atoms with Gasteiger partial charge in [-0.05, 0) is 43.4 Å². The number of nitrogens with zero attached hydrogens (tertiary/aromatic N) is 1. The molecule has 21 heavy (non-hydrogen) atoms. The van der Waals surface area contributed by atoms with Gasteiger partial charge in [0.1, 0.15) is 5.84 Å². The molecule has 1 aromatic rings. The SMILES string of the molecule is CC(C)CCN(Cc1cccc(C(=N)N)c1)C1CCCC1. The molecule has 1 aliphatic carbocycles. The molecule has 0 aromatic heterocycles. The highest BCUT2D eigenvalue weighted by Crippen LogP contribution is 2.25. The van der Waals surface area contributed by atoms with Crippen LogP contribution < -0.4 is 5.73 Å². The molecule has 3 nitrogen and oxygen atoms in total. The third-order valence-corrected chi connectivity index (χ3v) is 4.46. The Kier molecular flexibility index (Phi) is 5.80. The number of nitrogens with two attached hydrogens (primary N) is 1. The maximum absolute atomic E-state index is 7.58. The maximum Gasteiger partial charge on any atom is 0.122 e. The summed E-state index contributed by atoms with van der Waals surface area (Å²) in [6, 6.07) is 8.90. The van der Waals surface area contributed by atoms with Crippen LogP contribution >= 0.6 is 0 Å². The number of hydrogen-bond donors (Lipinski definition) is 2. The quantitative estimate of drug-likeness (QED) is 0.592. The van der Waals surface area contributed by atoms with E-state index in [1.165, 1.54) is 44.2 Å². The highest BCUT2D eigenvalue weighted by Gasteiger charge is 2.22. The minimum Gasteiger partial charge on any atom is -0.384 e. The van der Waals surface area contributed by atoms with Crippen LogP contribution in [0, 0.1) is 11.3 Å². The number of nitrogen functional groups attached to an aromatic ring is 1. The van der Waals surface area contributed by atoms with Crippen molar-refractivity contribution in [3.05, 3.63) is 35.4 Å². The number of rotatable bonds is 7. The predicted molar refractivity (Wildman–Crippen MR) is 89.6 cm³/mol. The molecule has 3 N–H and O–H groups in total. The summed E-state index contributed by atoms with van der Waals surface area (Å²) >= 11 is 0. The molecule has 0 heterocycles. The number of benzene rings is 1. The first-order chi connectivity index (χ1) is 10.1. The Balaban J connectivity index is 2.06. The lowest BCUT2D eigenvalue weighted by Crippen LogP contribution is -2.34. The van der Waals surface area contributed by atoms with Gasteiger partial charge in [-0.2, -0.15) is 0 Å². The lowest BCUT2D eigenvalue weighted by atomic mass is 10.1. The summed E-state index contributed by atoms with van der Waals surface area (Å²) in [6.07, 6.45) is 6.67. The minimum atomic E-state index is 0.159. The maximum atomic E-state index is 7.58. The van der Waals surface area contributed by atoms with Gasteiger partial charge in [0, 0.05) is 18.2 Å². The fourth-order valence-corrected chi connectivity index (χ4v) is 3.16. The van der Waals surface area contributed by atoms with E-state index in [1.54, 1.807) is 0 Å². The van der Waals surface area contributed by atoms with Crippen LogP contribution in [-0.4, -0.2) is 23.3 Å². The van der Waals surface area contributed by atoms with E-state index in [4.69, 9.17) is 11.1 Å². The largest absolute Gasteiger partial charge is 0.384 e. The van der Waals surface area contributed by atoms with Gasteiger partial charge in [0.15, 0.2) is 0 Å². The molecule has 2 rings (SSSR count). The van der Waals surface area contributed by atoms with E-state index in [2.05, 4.69) is 30.9 Å². The van der Waals surface area contributed by atoms with Gasteiger partial charge < -0.3 is 5.73 Å². The second kappa shape index (κ2) is 7.60. The van der Waals surface area contributed by atoms with Crippen LogP contribution in [0.2, 0.25) is 0 Å². The molecule has 1 aromatic carbocycles. The lowest BCUT2D eigenvalue weighted by molar-refractivity contribution is 0.179. The Morgan fingerprint density at radius 1 is 1.33 bits per heavy atom. The third-order valence-electron chi connectivity index (χ3n) is 4.46. The zero-order chi connectivity index (χ0) is 15.2. The Morgan fingerprint density at radius 3 is 2.67 bits per heavy atom. The molecule has 3 heteroatoms. The molecule has 0 aliphatic heterocycles. The zero-order valence-corrected chi connectivity index (χ0v) is 13.4. The van der Waals surface area contributed by atoms with Gasteiger partial charge >= 0.3 is 0 Å². The molecule has 1 saturated carbocycles. The fraction of sp³-hybridized carbons (Fsp3) is 0.611. The van der Waals surface area contributed by atoms with Crippen molar-refractivity contribution >= 4 is 5.84 Å². The fourth-order valence-electron chi connectivity index (χ4n) is 3.16. The molecule has 0 saturated heterocycles. The second-order valence-electron chi connectivity index (χ2n) is 6.71. The molecule has 0 spiro atoms. The molecule has 116 valence electrons. The molecule has 0 amide bonds. The predicted octanol–water partition coefficient (Wildman–Crippen LogP) is 3.76. The third kappa shape index (κ3) is 4.85. The Bertz CT molecular complexity index is 461. The summed E-state index contributed by atoms with van der Waals surface area (Å²) in [5.41, 5.74) is 7.72. The van der Waals surface area contributed by atoms with Crippen molar-refractivity contribution in [3.8, 4) is 0 Å². The monoisotopic (exact) mass is 287 g/mol. The summed E-state index contributed by atoms with van der Waals surface area (Å²) in [5.74, 6) is 0.906. The summed E-state index contributed by atoms with van der Waals surface area (Å²) in [7, 11) is 0. The van der Waals surface area contributed by atoms with Crippen LogP contribution in [0.1, 0.15) is 57.1 Å². The van der Waals surface area contributed by atoms with Gasteiger partial charge in [-0.25, -0.2) is 0 Å². The van der Waals surface area contributed by atoms with Crippen molar-refractivity contribution in [2.24, 2.45) is 11.7 Å². The van der Waals surface area contributed by atoms with E-state index in [0.717, 1.165) is 24.1 Å². The van der Waals surface area contributed by atoms with E-state index < -0.39 is 0 Å². The molecule has 1 fully saturated rings. The molecule has 0 unspecified atom stereocenters. The topological polar surface area (TPSA) is 53.1 Å². The summed E-state index contributed by atoms with van der Waals surface area (Å²) < 4.78 is 0. The Morgan fingerprint density at radius 2 is 2.05 bits per heavy atom. The van der Waals surface area contributed by atoms with Gasteiger partial charge in [0.05, 0.1) is 0 Å². The molecule has 1 aliphatic rings. The summed E-state index contributed by atoms with van der Waals surface area (Å²) in [5, 5.41) is 7.58. The van der Waals surface area contributed by atoms with Crippen molar-refractivity contribution in [1.29, 1.82) is 5.41 Å². The van der Waals surface area contributed by atoms with E-state index in [9.17, 15) is 0 Å². The zero-order valence-electron chi connectivity index (χ0n) is 13.4. The van der Waals surface area contributed by atoms with Crippen molar-refractivity contribution < 1.29 is 0 Å². The minimum absolute atomic E-state index is 0.159. The van der Waals surface area contributed by atoms with Crippen LogP contribution in [0.3, 0.4) is 0 Å². The van der Waals surface area contributed by atoms with E-state index >= 15 is 0 Å². The molecule has 0 bridgehead atoms. The van der Waals surface area contributed by atoms with Crippen molar-refractivity contribution in [2.45, 2.75) is 58.5 Å². The van der Waals surface area contributed by atoms with Crippen molar-refractivity contribution in [3.63, 3.8) is 0 Å². The summed E-state index contributed by atoms with van der Waals surface area (Å²) in [6.45, 7) is 6.75. The first-order valence-corrected chi connectivity index (χ1v) is 8.23. The highest BCUT2D eigenvalue weighted by atomic mass is 15.2. The van der Waals surface area contributed by atoms with Crippen LogP contribution in [0.5, 0.6) is 0 Å². The lowest BCUT2D eigenvalue weighted by Gasteiger charge is -2.29. The highest BCUT2D eigenvalue weighted by molar-refractivity contribution is 5.95. The average Bonchev–Trinajstić information content (AvgIpc) is 2.97. The first kappa shape index (κ1) is 16.0. The molecule has 0 radical (unpaired) electrons. The van der Waals surface area contributed by atoms with E-state index in [-0.39, 0.29) is 5.84 Å². The first-order valence-electron chi connectivity index (χ1n) is 8.23. The van der Waals surface area contributed by atoms with E-state index in [0.29, 0.717) is 0 Å². The second-order valence-corrected chi connectivity index (χ2v) is 6.71. The number of amidine groups is 1. The Labute approximate surface area is 129 Å². The van der Waals surface area contributed by atoms with Crippen LogP contribution in [0.15, 0.2) is 24.3 Å². The van der Waals surface area contributed by atoms with Crippen LogP contribution in [0.4, 0.5) is 0 Å². The Hall–Kier alpha value is -1.35. The number of hydrogen-bond acceptors (Lipinski definition) is 2. The van der Waals surface area contributed by atoms with Crippen LogP contribution in [0.25, 0.3) is 0 Å². The summed E-state index contributed by atoms with van der Waals surface area (Å²) in [4.78, 5) is 2.65. The van der Waals surface area contributed by atoms with E-state index in [1.807, 2.05) is 12.1 Å². The molecule has 0 atom stereocenters. The smallest absolute Gasteiger partial charge is 0.122 e. The van der Waals surface area contributed by atoms with Crippen LogP contribution in [-0.2, 0) is 6.54 Å². The van der Waals surface area contributed by atoms with Gasteiger partial charge in [-0.3, -0.25) is 10.3 Å². The molecular formula is C18H29N3. The number of nitrogens with one attached hydrogen (secondary N) is 1.